The van der Waals surface area contributed by atoms with E-state index in [-0.39, 0.29) is 12.1 Å². The van der Waals surface area contributed by atoms with Crippen LogP contribution in [0.3, 0.4) is 0 Å². The SMILES string of the molecule is CN(CCOCC1CC1)C(=O)NC1CCc2c(O)cccc21. The van der Waals surface area contributed by atoms with Crippen molar-refractivity contribution in [1.29, 1.82) is 0 Å². The van der Waals surface area contributed by atoms with Crippen LogP contribution in [0.4, 0.5) is 4.79 Å². The van der Waals surface area contributed by atoms with E-state index in [1.165, 1.54) is 12.8 Å². The monoisotopic (exact) mass is 304 g/mol. The van der Waals surface area contributed by atoms with Crippen LogP contribution in [0.15, 0.2) is 18.2 Å². The van der Waals surface area contributed by atoms with Crippen LogP contribution in [-0.2, 0) is 11.2 Å². The summed E-state index contributed by atoms with van der Waals surface area (Å²) in [5.74, 6) is 1.08. The van der Waals surface area contributed by atoms with Gasteiger partial charge in [0, 0.05) is 20.2 Å². The maximum Gasteiger partial charge on any atom is 0.317 e. The lowest BCUT2D eigenvalue weighted by Gasteiger charge is -2.21. The van der Waals surface area contributed by atoms with E-state index in [0.717, 1.165) is 36.5 Å². The quantitative estimate of drug-likeness (QED) is 0.794. The summed E-state index contributed by atoms with van der Waals surface area (Å²) in [6.45, 7) is 2.01. The zero-order valence-electron chi connectivity index (χ0n) is 13.0. The number of benzene rings is 1. The van der Waals surface area contributed by atoms with Gasteiger partial charge in [-0.25, -0.2) is 4.79 Å². The van der Waals surface area contributed by atoms with E-state index in [0.29, 0.717) is 18.9 Å². The molecule has 22 heavy (non-hydrogen) atoms. The molecular weight excluding hydrogens is 280 g/mol. The third-order valence-electron chi connectivity index (χ3n) is 4.51. The molecular formula is C17H24N2O3. The van der Waals surface area contributed by atoms with Crippen LogP contribution in [0, 0.1) is 5.92 Å². The molecule has 0 heterocycles. The van der Waals surface area contributed by atoms with Crippen molar-refractivity contribution in [2.45, 2.75) is 31.7 Å². The van der Waals surface area contributed by atoms with Crippen molar-refractivity contribution < 1.29 is 14.6 Å². The number of amides is 2. The van der Waals surface area contributed by atoms with Gasteiger partial charge >= 0.3 is 6.03 Å². The van der Waals surface area contributed by atoms with Crippen LogP contribution in [0.5, 0.6) is 5.75 Å². The highest BCUT2D eigenvalue weighted by atomic mass is 16.5. The summed E-state index contributed by atoms with van der Waals surface area (Å²) in [5, 5.41) is 12.9. The lowest BCUT2D eigenvalue weighted by Crippen LogP contribution is -2.40. The van der Waals surface area contributed by atoms with Gasteiger partial charge in [0.1, 0.15) is 5.75 Å². The topological polar surface area (TPSA) is 61.8 Å². The Morgan fingerprint density at radius 2 is 2.23 bits per heavy atom. The number of rotatable bonds is 6. The highest BCUT2D eigenvalue weighted by molar-refractivity contribution is 5.74. The van der Waals surface area contributed by atoms with Crippen molar-refractivity contribution in [3.63, 3.8) is 0 Å². The number of aromatic hydroxyl groups is 1. The maximum atomic E-state index is 12.2. The first-order valence-corrected chi connectivity index (χ1v) is 8.05. The van der Waals surface area contributed by atoms with Gasteiger partial charge in [-0.2, -0.15) is 0 Å². The second-order valence-corrected chi connectivity index (χ2v) is 6.33. The van der Waals surface area contributed by atoms with Gasteiger partial charge in [0.05, 0.1) is 12.6 Å². The van der Waals surface area contributed by atoms with Crippen LogP contribution in [-0.4, -0.2) is 42.8 Å². The highest BCUT2D eigenvalue weighted by Gasteiger charge is 2.26. The number of urea groups is 1. The molecule has 120 valence electrons. The molecule has 2 amide bonds. The van der Waals surface area contributed by atoms with Crippen molar-refractivity contribution in [3.05, 3.63) is 29.3 Å². The number of fused-ring (bicyclic) bond motifs is 1. The van der Waals surface area contributed by atoms with Crippen molar-refractivity contribution in [2.75, 3.05) is 26.8 Å². The fraction of sp³-hybridized carbons (Fsp3) is 0.588. The van der Waals surface area contributed by atoms with Gasteiger partial charge < -0.3 is 20.1 Å². The summed E-state index contributed by atoms with van der Waals surface area (Å²) in [4.78, 5) is 13.9. The molecule has 0 aliphatic heterocycles. The number of ether oxygens (including phenoxy) is 1. The summed E-state index contributed by atoms with van der Waals surface area (Å²) in [6, 6.07) is 5.41. The number of hydrogen-bond acceptors (Lipinski definition) is 3. The van der Waals surface area contributed by atoms with E-state index in [2.05, 4.69) is 5.32 Å². The number of likely N-dealkylation sites (N-methyl/N-ethyl adjacent to an activating group) is 1. The average Bonchev–Trinajstić information content (AvgIpc) is 3.24. The number of carbonyl (C=O) groups is 1. The molecule has 0 saturated heterocycles. The Bertz CT molecular complexity index is 543. The summed E-state index contributed by atoms with van der Waals surface area (Å²) in [6.07, 6.45) is 4.21. The molecule has 5 nitrogen and oxygen atoms in total. The molecule has 1 atom stereocenters. The zero-order valence-corrected chi connectivity index (χ0v) is 13.0. The lowest BCUT2D eigenvalue weighted by atomic mass is 10.1. The minimum absolute atomic E-state index is 0.00978. The molecule has 0 spiro atoms. The summed E-state index contributed by atoms with van der Waals surface area (Å²) in [7, 11) is 1.79. The summed E-state index contributed by atoms with van der Waals surface area (Å²) in [5.41, 5.74) is 2.00. The fourth-order valence-electron chi connectivity index (χ4n) is 2.88. The minimum Gasteiger partial charge on any atom is -0.508 e. The van der Waals surface area contributed by atoms with Gasteiger partial charge in [0.2, 0.25) is 0 Å². The average molecular weight is 304 g/mol. The zero-order chi connectivity index (χ0) is 15.5. The van der Waals surface area contributed by atoms with Crippen molar-refractivity contribution in [1.82, 2.24) is 10.2 Å². The molecule has 1 aromatic rings. The third kappa shape index (κ3) is 3.53. The highest BCUT2D eigenvalue weighted by Crippen LogP contribution is 2.36. The van der Waals surface area contributed by atoms with E-state index in [4.69, 9.17) is 4.74 Å². The predicted molar refractivity (Wildman–Crippen MR) is 83.9 cm³/mol. The van der Waals surface area contributed by atoms with Gasteiger partial charge in [0.15, 0.2) is 0 Å². The van der Waals surface area contributed by atoms with Crippen molar-refractivity contribution in [2.24, 2.45) is 5.92 Å². The molecule has 1 saturated carbocycles. The minimum atomic E-state index is -0.0868. The van der Waals surface area contributed by atoms with Gasteiger partial charge in [-0.1, -0.05) is 12.1 Å². The molecule has 1 unspecified atom stereocenters. The summed E-state index contributed by atoms with van der Waals surface area (Å²) < 4.78 is 5.57. The van der Waals surface area contributed by atoms with Crippen LogP contribution in [0.2, 0.25) is 0 Å². The second-order valence-electron chi connectivity index (χ2n) is 6.33. The van der Waals surface area contributed by atoms with E-state index in [9.17, 15) is 9.90 Å². The number of hydrogen-bond donors (Lipinski definition) is 2. The van der Waals surface area contributed by atoms with Gasteiger partial charge in [-0.05, 0) is 48.8 Å². The van der Waals surface area contributed by atoms with Gasteiger partial charge in [0.25, 0.3) is 0 Å². The number of phenolic OH excluding ortho intramolecular Hbond substituents is 1. The van der Waals surface area contributed by atoms with E-state index in [1.807, 2.05) is 12.1 Å². The summed E-state index contributed by atoms with van der Waals surface area (Å²) >= 11 is 0. The third-order valence-corrected chi connectivity index (χ3v) is 4.51. The first-order valence-electron chi connectivity index (χ1n) is 8.05. The first-order chi connectivity index (χ1) is 10.6. The smallest absolute Gasteiger partial charge is 0.317 e. The van der Waals surface area contributed by atoms with E-state index < -0.39 is 0 Å². The molecule has 0 radical (unpaired) electrons. The lowest BCUT2D eigenvalue weighted by molar-refractivity contribution is 0.107. The first kappa shape index (κ1) is 15.2. The largest absolute Gasteiger partial charge is 0.508 e. The molecule has 5 heteroatoms. The fourth-order valence-corrected chi connectivity index (χ4v) is 2.88. The van der Waals surface area contributed by atoms with E-state index in [1.54, 1.807) is 18.0 Å². The molecule has 0 bridgehead atoms. The number of carbonyl (C=O) groups excluding carboxylic acids is 1. The molecule has 1 fully saturated rings. The van der Waals surface area contributed by atoms with Crippen LogP contribution in [0.1, 0.15) is 36.4 Å². The Labute approximate surface area is 131 Å². The molecule has 3 rings (SSSR count). The normalized spacial score (nSPS) is 19.8. The molecule has 1 aromatic carbocycles. The Morgan fingerprint density at radius 1 is 1.41 bits per heavy atom. The second kappa shape index (κ2) is 6.57. The maximum absolute atomic E-state index is 12.2. The Hall–Kier alpha value is -1.75. The van der Waals surface area contributed by atoms with Gasteiger partial charge in [-0.15, -0.1) is 0 Å². The Balaban J connectivity index is 1.46. The number of phenols is 1. The number of nitrogens with zero attached hydrogens (tertiary/aromatic N) is 1. The standard InChI is InChI=1S/C17H24N2O3/c1-19(9-10-22-11-12-5-6-12)17(21)18-15-8-7-14-13(15)3-2-4-16(14)20/h2-4,12,15,20H,5-11H2,1H3,(H,18,21). The van der Waals surface area contributed by atoms with Crippen LogP contribution in [0.25, 0.3) is 0 Å². The van der Waals surface area contributed by atoms with Crippen LogP contribution >= 0.6 is 0 Å². The Morgan fingerprint density at radius 3 is 3.00 bits per heavy atom. The van der Waals surface area contributed by atoms with Crippen molar-refractivity contribution >= 4 is 6.03 Å². The van der Waals surface area contributed by atoms with Crippen molar-refractivity contribution in [3.8, 4) is 5.75 Å². The molecule has 0 aromatic heterocycles. The predicted octanol–water partition coefficient (Wildman–Crippen LogP) is 2.45. The van der Waals surface area contributed by atoms with E-state index >= 15 is 0 Å². The molecule has 2 aliphatic rings. The molecule has 2 N–H and O–H groups in total. The molecule has 2 aliphatic carbocycles. The number of nitrogens with one attached hydrogen (secondary N) is 1. The van der Waals surface area contributed by atoms with Gasteiger partial charge in [-0.3, -0.25) is 0 Å². The van der Waals surface area contributed by atoms with Crippen LogP contribution < -0.4 is 5.32 Å². The Kier molecular flexibility index (Phi) is 4.52.